The first kappa shape index (κ1) is 13.1. The molecule has 0 aliphatic carbocycles. The third-order valence-electron chi connectivity index (χ3n) is 3.17. The van der Waals surface area contributed by atoms with Crippen molar-refractivity contribution in [3.63, 3.8) is 0 Å². The molecule has 0 amide bonds. The SMILES string of the molecule is Cc1ccc(C)c(CC(O)c2c(Cl)cnn2C)c1. The second kappa shape index (κ2) is 5.12. The van der Waals surface area contributed by atoms with Gasteiger partial charge in [-0.2, -0.15) is 5.10 Å². The lowest BCUT2D eigenvalue weighted by Gasteiger charge is -2.14. The number of aromatic nitrogens is 2. The molecule has 1 aromatic carbocycles. The van der Waals surface area contributed by atoms with E-state index >= 15 is 0 Å². The molecule has 18 heavy (non-hydrogen) atoms. The Morgan fingerprint density at radius 2 is 2.11 bits per heavy atom. The van der Waals surface area contributed by atoms with E-state index in [0.29, 0.717) is 17.1 Å². The summed E-state index contributed by atoms with van der Waals surface area (Å²) in [6.45, 7) is 4.10. The normalized spacial score (nSPS) is 12.7. The van der Waals surface area contributed by atoms with Crippen molar-refractivity contribution in [1.29, 1.82) is 0 Å². The Balaban J connectivity index is 2.26. The van der Waals surface area contributed by atoms with Crippen LogP contribution in [0.25, 0.3) is 0 Å². The van der Waals surface area contributed by atoms with Crippen LogP contribution in [0, 0.1) is 13.8 Å². The van der Waals surface area contributed by atoms with Crippen molar-refractivity contribution in [3.8, 4) is 0 Å². The first-order valence-corrected chi connectivity index (χ1v) is 6.28. The molecule has 96 valence electrons. The van der Waals surface area contributed by atoms with Gasteiger partial charge < -0.3 is 5.11 Å². The highest BCUT2D eigenvalue weighted by atomic mass is 35.5. The zero-order chi connectivity index (χ0) is 13.3. The summed E-state index contributed by atoms with van der Waals surface area (Å²) < 4.78 is 1.62. The van der Waals surface area contributed by atoms with E-state index in [1.54, 1.807) is 17.9 Å². The quantitative estimate of drug-likeness (QED) is 0.926. The van der Waals surface area contributed by atoms with Crippen LogP contribution in [0.3, 0.4) is 0 Å². The molecule has 3 nitrogen and oxygen atoms in total. The fraction of sp³-hybridized carbons (Fsp3) is 0.357. The van der Waals surface area contributed by atoms with Crippen LogP contribution in [0.15, 0.2) is 24.4 Å². The van der Waals surface area contributed by atoms with Crippen molar-refractivity contribution < 1.29 is 5.11 Å². The van der Waals surface area contributed by atoms with E-state index in [1.165, 1.54) is 11.1 Å². The summed E-state index contributed by atoms with van der Waals surface area (Å²) >= 11 is 6.03. The third-order valence-corrected chi connectivity index (χ3v) is 3.46. The van der Waals surface area contributed by atoms with Gasteiger partial charge in [-0.1, -0.05) is 35.4 Å². The summed E-state index contributed by atoms with van der Waals surface area (Å²) in [5.41, 5.74) is 4.18. The number of benzene rings is 1. The van der Waals surface area contributed by atoms with Crippen molar-refractivity contribution in [2.75, 3.05) is 0 Å². The average molecular weight is 265 g/mol. The van der Waals surface area contributed by atoms with Crippen LogP contribution in [0.5, 0.6) is 0 Å². The van der Waals surface area contributed by atoms with Gasteiger partial charge in [0, 0.05) is 13.5 Å². The lowest BCUT2D eigenvalue weighted by molar-refractivity contribution is 0.168. The Morgan fingerprint density at radius 3 is 2.72 bits per heavy atom. The van der Waals surface area contributed by atoms with Gasteiger partial charge in [-0.15, -0.1) is 0 Å². The minimum Gasteiger partial charge on any atom is -0.386 e. The van der Waals surface area contributed by atoms with E-state index in [0.717, 1.165) is 5.56 Å². The number of halogens is 1. The molecule has 1 unspecified atom stereocenters. The fourth-order valence-corrected chi connectivity index (χ4v) is 2.41. The highest BCUT2D eigenvalue weighted by Crippen LogP contribution is 2.26. The van der Waals surface area contributed by atoms with Crippen molar-refractivity contribution in [1.82, 2.24) is 9.78 Å². The number of aliphatic hydroxyl groups is 1. The number of hydrogen-bond acceptors (Lipinski definition) is 2. The molecule has 1 atom stereocenters. The van der Waals surface area contributed by atoms with Gasteiger partial charge in [-0.3, -0.25) is 4.68 Å². The first-order valence-electron chi connectivity index (χ1n) is 5.90. The second-order valence-electron chi connectivity index (χ2n) is 4.65. The maximum Gasteiger partial charge on any atom is 0.101 e. The minimum atomic E-state index is -0.634. The summed E-state index contributed by atoms with van der Waals surface area (Å²) in [5.74, 6) is 0. The van der Waals surface area contributed by atoms with Gasteiger partial charge in [0.05, 0.1) is 16.9 Å². The summed E-state index contributed by atoms with van der Waals surface area (Å²) in [4.78, 5) is 0. The van der Waals surface area contributed by atoms with E-state index in [-0.39, 0.29) is 0 Å². The molecule has 0 aliphatic rings. The maximum atomic E-state index is 10.3. The fourth-order valence-electron chi connectivity index (χ4n) is 2.12. The van der Waals surface area contributed by atoms with Crippen LogP contribution >= 0.6 is 11.6 Å². The molecule has 1 N–H and O–H groups in total. The van der Waals surface area contributed by atoms with Gasteiger partial charge in [0.25, 0.3) is 0 Å². The summed E-state index contributed by atoms with van der Waals surface area (Å²) in [6, 6.07) is 6.24. The lowest BCUT2D eigenvalue weighted by atomic mass is 9.99. The monoisotopic (exact) mass is 264 g/mol. The second-order valence-corrected chi connectivity index (χ2v) is 5.06. The van der Waals surface area contributed by atoms with E-state index < -0.39 is 6.10 Å². The van der Waals surface area contributed by atoms with Crippen LogP contribution in [0.4, 0.5) is 0 Å². The topological polar surface area (TPSA) is 38.1 Å². The van der Waals surface area contributed by atoms with Gasteiger partial charge in [0.1, 0.15) is 6.10 Å². The van der Waals surface area contributed by atoms with Crippen molar-refractivity contribution in [3.05, 3.63) is 51.8 Å². The Hall–Kier alpha value is -1.32. The van der Waals surface area contributed by atoms with E-state index in [2.05, 4.69) is 23.3 Å². The van der Waals surface area contributed by atoms with Crippen LogP contribution in [-0.4, -0.2) is 14.9 Å². The molecule has 0 fully saturated rings. The van der Waals surface area contributed by atoms with Gasteiger partial charge in [-0.05, 0) is 25.0 Å². The molecule has 0 spiro atoms. The Morgan fingerprint density at radius 1 is 1.39 bits per heavy atom. The average Bonchev–Trinajstić information content (AvgIpc) is 2.63. The minimum absolute atomic E-state index is 0.510. The van der Waals surface area contributed by atoms with Gasteiger partial charge in [0.2, 0.25) is 0 Å². The van der Waals surface area contributed by atoms with Gasteiger partial charge in [0.15, 0.2) is 0 Å². The third kappa shape index (κ3) is 2.57. The molecular weight excluding hydrogens is 248 g/mol. The maximum absolute atomic E-state index is 10.3. The zero-order valence-corrected chi connectivity index (χ0v) is 11.6. The number of nitrogens with zero attached hydrogens (tertiary/aromatic N) is 2. The molecule has 0 radical (unpaired) electrons. The van der Waals surface area contributed by atoms with Crippen LogP contribution in [0.1, 0.15) is 28.5 Å². The molecular formula is C14H17ClN2O. The molecule has 0 saturated heterocycles. The van der Waals surface area contributed by atoms with Crippen molar-refractivity contribution >= 4 is 11.6 Å². The molecule has 4 heteroatoms. The van der Waals surface area contributed by atoms with E-state index in [9.17, 15) is 5.11 Å². The number of aliphatic hydroxyl groups excluding tert-OH is 1. The van der Waals surface area contributed by atoms with Crippen molar-refractivity contribution in [2.24, 2.45) is 7.05 Å². The Labute approximate surface area is 112 Å². The highest BCUT2D eigenvalue weighted by Gasteiger charge is 2.17. The van der Waals surface area contributed by atoms with Crippen LogP contribution in [-0.2, 0) is 13.5 Å². The van der Waals surface area contributed by atoms with Gasteiger partial charge >= 0.3 is 0 Å². The van der Waals surface area contributed by atoms with Crippen molar-refractivity contribution in [2.45, 2.75) is 26.4 Å². The molecule has 1 aromatic heterocycles. The summed E-state index contributed by atoms with van der Waals surface area (Å²) in [7, 11) is 1.79. The van der Waals surface area contributed by atoms with E-state index in [1.807, 2.05) is 13.8 Å². The standard InChI is InChI=1S/C14H17ClN2O/c1-9-4-5-10(2)11(6-9)7-13(18)14-12(15)8-16-17(14)3/h4-6,8,13,18H,7H2,1-3H3. The summed E-state index contributed by atoms with van der Waals surface area (Å²) in [6.07, 6.45) is 1.47. The Bertz CT molecular complexity index is 543. The zero-order valence-electron chi connectivity index (χ0n) is 10.8. The molecule has 0 aliphatic heterocycles. The van der Waals surface area contributed by atoms with Gasteiger partial charge in [-0.25, -0.2) is 0 Å². The molecule has 0 bridgehead atoms. The predicted octanol–water partition coefficient (Wildman–Crippen LogP) is 2.97. The lowest BCUT2D eigenvalue weighted by Crippen LogP contribution is -2.09. The number of rotatable bonds is 3. The first-order chi connectivity index (χ1) is 8.49. The Kier molecular flexibility index (Phi) is 3.73. The molecule has 0 saturated carbocycles. The van der Waals surface area contributed by atoms with E-state index in [4.69, 9.17) is 11.6 Å². The molecule has 2 aromatic rings. The number of hydrogen-bond donors (Lipinski definition) is 1. The smallest absolute Gasteiger partial charge is 0.101 e. The van der Waals surface area contributed by atoms with Crippen LogP contribution < -0.4 is 0 Å². The summed E-state index contributed by atoms with van der Waals surface area (Å²) in [5, 5.41) is 14.8. The predicted molar refractivity (Wildman–Crippen MR) is 72.8 cm³/mol. The molecule has 1 heterocycles. The number of aryl methyl sites for hydroxylation is 3. The van der Waals surface area contributed by atoms with Crippen LogP contribution in [0.2, 0.25) is 5.02 Å². The highest BCUT2D eigenvalue weighted by molar-refractivity contribution is 6.31. The molecule has 2 rings (SSSR count). The largest absolute Gasteiger partial charge is 0.386 e.